The van der Waals surface area contributed by atoms with Gasteiger partial charge in [-0.1, -0.05) is 0 Å². The fourth-order valence-electron chi connectivity index (χ4n) is 2.62. The molecule has 24 heavy (non-hydrogen) atoms. The van der Waals surface area contributed by atoms with Gasteiger partial charge in [-0.25, -0.2) is 17.2 Å². The highest BCUT2D eigenvalue weighted by Crippen LogP contribution is 2.30. The van der Waals surface area contributed by atoms with Crippen molar-refractivity contribution in [2.75, 3.05) is 6.26 Å². The Bertz CT molecular complexity index is 1010. The first-order valence-electron chi connectivity index (χ1n) is 7.21. The second-order valence-electron chi connectivity index (χ2n) is 5.61. The van der Waals surface area contributed by atoms with Gasteiger partial charge in [-0.3, -0.25) is 0 Å². The summed E-state index contributed by atoms with van der Waals surface area (Å²) >= 11 is 0. The fraction of sp³-hybridized carbons (Fsp3) is 0.111. The highest BCUT2D eigenvalue weighted by molar-refractivity contribution is 7.90. The molecule has 0 spiro atoms. The number of rotatable bonds is 3. The van der Waals surface area contributed by atoms with E-state index in [0.717, 1.165) is 17.9 Å². The molecule has 0 unspecified atom stereocenters. The zero-order valence-electron chi connectivity index (χ0n) is 13.1. The summed E-state index contributed by atoms with van der Waals surface area (Å²) in [6.45, 7) is 1.83. The van der Waals surface area contributed by atoms with Gasteiger partial charge in [-0.2, -0.15) is 0 Å². The summed E-state index contributed by atoms with van der Waals surface area (Å²) in [7, 11) is -3.28. The maximum absolute atomic E-state index is 14.2. The van der Waals surface area contributed by atoms with Gasteiger partial charge in [0.2, 0.25) is 0 Å². The summed E-state index contributed by atoms with van der Waals surface area (Å²) in [5, 5.41) is 0. The van der Waals surface area contributed by atoms with Crippen LogP contribution in [0.25, 0.3) is 16.9 Å². The van der Waals surface area contributed by atoms with Crippen LogP contribution in [0.3, 0.4) is 0 Å². The van der Waals surface area contributed by atoms with Crippen LogP contribution in [0.4, 0.5) is 8.78 Å². The lowest BCUT2D eigenvalue weighted by Gasteiger charge is -2.12. The number of aromatic nitrogens is 1. The summed E-state index contributed by atoms with van der Waals surface area (Å²) in [5.41, 5.74) is 2.40. The topological polar surface area (TPSA) is 39.1 Å². The van der Waals surface area contributed by atoms with Gasteiger partial charge in [0.15, 0.2) is 9.84 Å². The minimum atomic E-state index is -3.28. The van der Waals surface area contributed by atoms with Crippen LogP contribution in [0.15, 0.2) is 59.6 Å². The highest BCUT2D eigenvalue weighted by atomic mass is 32.2. The van der Waals surface area contributed by atoms with E-state index in [9.17, 15) is 17.2 Å². The van der Waals surface area contributed by atoms with Gasteiger partial charge in [0.1, 0.15) is 11.6 Å². The number of halogens is 2. The van der Waals surface area contributed by atoms with Crippen LogP contribution >= 0.6 is 0 Å². The zero-order chi connectivity index (χ0) is 17.5. The third-order valence-electron chi connectivity index (χ3n) is 3.82. The molecule has 3 rings (SSSR count). The number of benzene rings is 2. The first-order valence-corrected chi connectivity index (χ1v) is 9.10. The van der Waals surface area contributed by atoms with Crippen LogP contribution in [0.1, 0.15) is 5.56 Å². The monoisotopic (exact) mass is 347 g/mol. The van der Waals surface area contributed by atoms with E-state index in [0.29, 0.717) is 11.4 Å². The van der Waals surface area contributed by atoms with E-state index in [-0.39, 0.29) is 10.5 Å². The van der Waals surface area contributed by atoms with Crippen molar-refractivity contribution in [2.24, 2.45) is 0 Å². The lowest BCUT2D eigenvalue weighted by molar-refractivity contribution is 0.585. The van der Waals surface area contributed by atoms with Crippen molar-refractivity contribution in [3.63, 3.8) is 0 Å². The van der Waals surface area contributed by atoms with E-state index >= 15 is 0 Å². The van der Waals surface area contributed by atoms with E-state index in [1.807, 2.05) is 13.0 Å². The predicted molar refractivity (Wildman–Crippen MR) is 89.0 cm³/mol. The summed E-state index contributed by atoms with van der Waals surface area (Å²) < 4.78 is 52.2. The normalized spacial score (nSPS) is 11.7. The summed E-state index contributed by atoms with van der Waals surface area (Å²) in [6.07, 6.45) is 2.91. The smallest absolute Gasteiger partial charge is 0.175 e. The molecule has 3 aromatic rings. The molecule has 0 atom stereocenters. The van der Waals surface area contributed by atoms with Gasteiger partial charge in [0.25, 0.3) is 0 Å². The quantitative estimate of drug-likeness (QED) is 0.714. The molecular formula is C18H15F2NO2S. The van der Waals surface area contributed by atoms with Crippen molar-refractivity contribution in [1.82, 2.24) is 4.57 Å². The molecule has 0 aliphatic carbocycles. The Labute approximate surface area is 139 Å². The van der Waals surface area contributed by atoms with Gasteiger partial charge in [0, 0.05) is 29.8 Å². The third-order valence-corrected chi connectivity index (χ3v) is 4.95. The SMILES string of the molecule is Cc1ccn(-c2ccc(S(C)(=O)=O)cc2)c1-c1ccc(F)cc1F. The standard InChI is InChI=1S/C18H15F2NO2S/c1-12-9-10-21(14-4-6-15(7-5-14)24(2,22)23)18(12)16-8-3-13(19)11-17(16)20/h3-11H,1-2H3. The molecule has 0 aliphatic heterocycles. The molecule has 1 aromatic heterocycles. The predicted octanol–water partition coefficient (Wildman–Crippen LogP) is 4.13. The van der Waals surface area contributed by atoms with Crippen molar-refractivity contribution in [3.05, 3.63) is 71.9 Å². The molecular weight excluding hydrogens is 332 g/mol. The van der Waals surface area contributed by atoms with Crippen LogP contribution in [-0.2, 0) is 9.84 Å². The molecule has 6 heteroatoms. The van der Waals surface area contributed by atoms with Gasteiger partial charge in [0.05, 0.1) is 10.6 Å². The fourth-order valence-corrected chi connectivity index (χ4v) is 3.25. The average molecular weight is 347 g/mol. The third kappa shape index (κ3) is 2.97. The molecule has 124 valence electrons. The second kappa shape index (κ2) is 5.87. The molecule has 0 bridgehead atoms. The highest BCUT2D eigenvalue weighted by Gasteiger charge is 2.15. The molecule has 0 aliphatic rings. The Balaban J connectivity index is 2.14. The van der Waals surface area contributed by atoms with Crippen LogP contribution < -0.4 is 0 Å². The van der Waals surface area contributed by atoms with Gasteiger partial charge in [-0.05, 0) is 55.0 Å². The van der Waals surface area contributed by atoms with E-state index in [1.54, 1.807) is 22.9 Å². The van der Waals surface area contributed by atoms with E-state index in [4.69, 9.17) is 0 Å². The Hall–Kier alpha value is -2.47. The Morgan fingerprint density at radius 1 is 0.958 bits per heavy atom. The van der Waals surface area contributed by atoms with Crippen LogP contribution in [0.2, 0.25) is 0 Å². The average Bonchev–Trinajstić information content (AvgIpc) is 2.88. The lowest BCUT2D eigenvalue weighted by atomic mass is 10.1. The molecule has 0 N–H and O–H groups in total. The summed E-state index contributed by atoms with van der Waals surface area (Å²) in [5.74, 6) is -1.28. The van der Waals surface area contributed by atoms with E-state index < -0.39 is 21.5 Å². The summed E-state index contributed by atoms with van der Waals surface area (Å²) in [4.78, 5) is 0.213. The van der Waals surface area contributed by atoms with Gasteiger partial charge in [-0.15, -0.1) is 0 Å². The number of hydrogen-bond donors (Lipinski definition) is 0. The van der Waals surface area contributed by atoms with E-state index in [1.165, 1.54) is 24.3 Å². The molecule has 3 nitrogen and oxygen atoms in total. The van der Waals surface area contributed by atoms with Crippen molar-refractivity contribution >= 4 is 9.84 Å². The molecule has 0 saturated carbocycles. The Morgan fingerprint density at radius 2 is 1.62 bits per heavy atom. The number of sulfone groups is 1. The Kier molecular flexibility index (Phi) is 4.01. The first-order chi connectivity index (χ1) is 11.3. The number of hydrogen-bond acceptors (Lipinski definition) is 2. The van der Waals surface area contributed by atoms with Crippen LogP contribution in [0.5, 0.6) is 0 Å². The lowest BCUT2D eigenvalue weighted by Crippen LogP contribution is -2.00. The van der Waals surface area contributed by atoms with Crippen molar-refractivity contribution in [3.8, 4) is 16.9 Å². The molecule has 0 fully saturated rings. The van der Waals surface area contributed by atoms with Crippen LogP contribution in [0, 0.1) is 18.6 Å². The van der Waals surface area contributed by atoms with E-state index in [2.05, 4.69) is 0 Å². The molecule has 0 radical (unpaired) electrons. The van der Waals surface area contributed by atoms with Gasteiger partial charge >= 0.3 is 0 Å². The van der Waals surface area contributed by atoms with Crippen LogP contribution in [-0.4, -0.2) is 19.2 Å². The summed E-state index contributed by atoms with van der Waals surface area (Å²) in [6, 6.07) is 11.6. The maximum Gasteiger partial charge on any atom is 0.175 e. The maximum atomic E-state index is 14.2. The van der Waals surface area contributed by atoms with Crippen molar-refractivity contribution in [1.29, 1.82) is 0 Å². The van der Waals surface area contributed by atoms with Crippen molar-refractivity contribution < 1.29 is 17.2 Å². The first kappa shape index (κ1) is 16.4. The largest absolute Gasteiger partial charge is 0.316 e. The molecule has 0 amide bonds. The minimum Gasteiger partial charge on any atom is -0.316 e. The molecule has 1 heterocycles. The number of aryl methyl sites for hydroxylation is 1. The van der Waals surface area contributed by atoms with Crippen molar-refractivity contribution in [2.45, 2.75) is 11.8 Å². The van der Waals surface area contributed by atoms with Gasteiger partial charge < -0.3 is 4.57 Å². The minimum absolute atomic E-state index is 0.213. The number of nitrogens with zero attached hydrogens (tertiary/aromatic N) is 1. The molecule has 2 aromatic carbocycles. The zero-order valence-corrected chi connectivity index (χ0v) is 13.9. The molecule has 0 saturated heterocycles. The Morgan fingerprint density at radius 3 is 2.21 bits per heavy atom. The second-order valence-corrected chi connectivity index (χ2v) is 7.62.